The minimum absolute atomic E-state index is 0.0206. The third-order valence-corrected chi connectivity index (χ3v) is 7.60. The van der Waals surface area contributed by atoms with Crippen molar-refractivity contribution in [1.82, 2.24) is 36.8 Å². The summed E-state index contributed by atoms with van der Waals surface area (Å²) in [6, 6.07) is 0.726. The molecule has 0 saturated carbocycles. The highest BCUT2D eigenvalue weighted by Gasteiger charge is 2.37. The summed E-state index contributed by atoms with van der Waals surface area (Å²) in [5, 5.41) is 24.2. The minimum atomic E-state index is -1.81. The van der Waals surface area contributed by atoms with Gasteiger partial charge in [-0.15, -0.1) is 0 Å². The van der Waals surface area contributed by atoms with E-state index in [4.69, 9.17) is 10.5 Å². The highest BCUT2D eigenvalue weighted by Crippen LogP contribution is 2.14. The maximum Gasteiger partial charge on any atom is 0.329 e. The molecule has 1 saturated heterocycles. The van der Waals surface area contributed by atoms with Crippen molar-refractivity contribution in [3.63, 3.8) is 0 Å². The van der Waals surface area contributed by atoms with Gasteiger partial charge in [0.2, 0.25) is 29.5 Å². The molecule has 19 heteroatoms. The first-order valence-corrected chi connectivity index (χ1v) is 16.6. The summed E-state index contributed by atoms with van der Waals surface area (Å²) < 4.78 is 5.35. The topological polar surface area (TPSA) is 280 Å². The number of esters is 1. The molecule has 2 rings (SSSR count). The van der Waals surface area contributed by atoms with Gasteiger partial charge in [0.25, 0.3) is 0 Å². The van der Waals surface area contributed by atoms with Gasteiger partial charge in [0, 0.05) is 27.1 Å². The van der Waals surface area contributed by atoms with E-state index in [2.05, 4.69) is 36.9 Å². The number of nitrogens with two attached hydrogens (primary N) is 1. The maximum atomic E-state index is 14.1. The number of benzene rings is 1. The lowest BCUT2D eigenvalue weighted by atomic mass is 10.0. The Labute approximate surface area is 301 Å². The van der Waals surface area contributed by atoms with E-state index < -0.39 is 96.2 Å². The van der Waals surface area contributed by atoms with Crippen LogP contribution in [0.2, 0.25) is 0 Å². The van der Waals surface area contributed by atoms with Crippen molar-refractivity contribution in [2.24, 2.45) is 10.7 Å². The number of amides is 7. The molecular weight excluding hydrogens is 682 g/mol. The molecular formula is C33H49N9O10. The first kappa shape index (κ1) is 42.4. The van der Waals surface area contributed by atoms with E-state index in [1.807, 2.05) is 0 Å². The summed E-state index contributed by atoms with van der Waals surface area (Å²) in [5.41, 5.74) is 5.30. The van der Waals surface area contributed by atoms with Gasteiger partial charge in [-0.2, -0.15) is 0 Å². The number of ether oxygens (including phenoxy) is 1. The third-order valence-electron chi connectivity index (χ3n) is 7.60. The lowest BCUT2D eigenvalue weighted by molar-refractivity contribution is -0.159. The number of carbonyl (C=O) groups excluding carboxylic acids is 7. The average Bonchev–Trinajstić information content (AvgIpc) is 3.06. The third kappa shape index (κ3) is 14.2. The summed E-state index contributed by atoms with van der Waals surface area (Å²) in [6.07, 6.45) is -1.48. The fraction of sp³-hybridized carbons (Fsp3) is 0.545. The number of aliphatic imine (C=N–C) groups is 1. The molecule has 19 nitrogen and oxygen atoms in total. The number of hydrogen-bond donors (Lipinski definition) is 8. The molecule has 1 aromatic carbocycles. The zero-order chi connectivity index (χ0) is 39.2. The molecule has 0 aliphatic carbocycles. The molecule has 0 unspecified atom stereocenters. The smallest absolute Gasteiger partial charge is 0.329 e. The van der Waals surface area contributed by atoms with Gasteiger partial charge in [-0.05, 0) is 46.1 Å². The molecule has 5 atom stereocenters. The number of carboxylic acids is 1. The van der Waals surface area contributed by atoms with Gasteiger partial charge in [-0.25, -0.2) is 14.4 Å². The van der Waals surface area contributed by atoms with Crippen molar-refractivity contribution in [1.29, 1.82) is 0 Å². The van der Waals surface area contributed by atoms with E-state index in [0.717, 1.165) is 4.90 Å². The van der Waals surface area contributed by atoms with Crippen LogP contribution in [0.5, 0.6) is 0 Å². The van der Waals surface area contributed by atoms with Gasteiger partial charge in [-0.3, -0.25) is 34.3 Å². The van der Waals surface area contributed by atoms with Crippen LogP contribution in [0.4, 0.5) is 4.79 Å². The van der Waals surface area contributed by atoms with E-state index in [1.54, 1.807) is 51.1 Å². The number of likely N-dealkylation sites (N-methyl/N-ethyl adjacent to an activating group) is 1. The van der Waals surface area contributed by atoms with E-state index in [0.29, 0.717) is 5.56 Å². The lowest BCUT2D eigenvalue weighted by Crippen LogP contribution is -2.58. The Hall–Kier alpha value is -5.75. The molecule has 1 aliphatic rings. The molecule has 1 fully saturated rings. The molecule has 1 aromatic rings. The van der Waals surface area contributed by atoms with Crippen molar-refractivity contribution >= 4 is 53.5 Å². The summed E-state index contributed by atoms with van der Waals surface area (Å²) in [6.45, 7) is 6.06. The highest BCUT2D eigenvalue weighted by molar-refractivity contribution is 5.97. The van der Waals surface area contributed by atoms with Crippen LogP contribution in [-0.2, 0) is 44.7 Å². The number of rotatable bonds is 8. The van der Waals surface area contributed by atoms with Gasteiger partial charge in [-0.1, -0.05) is 30.3 Å². The number of urea groups is 1. The van der Waals surface area contributed by atoms with Gasteiger partial charge >= 0.3 is 18.0 Å². The Kier molecular flexibility index (Phi) is 16.0. The van der Waals surface area contributed by atoms with Crippen molar-refractivity contribution in [3.05, 3.63) is 35.9 Å². The Morgan fingerprint density at radius 3 is 2.17 bits per heavy atom. The summed E-state index contributed by atoms with van der Waals surface area (Å²) in [5.74, 6) is -7.05. The number of aliphatic carboxylic acids is 1. The van der Waals surface area contributed by atoms with Crippen molar-refractivity contribution in [2.75, 3.05) is 20.6 Å². The fourth-order valence-corrected chi connectivity index (χ4v) is 4.93. The number of nitrogens with zero attached hydrogens (tertiary/aromatic N) is 2. The maximum absolute atomic E-state index is 14.1. The van der Waals surface area contributed by atoms with Crippen LogP contribution < -0.4 is 37.6 Å². The molecule has 1 heterocycles. The molecule has 0 aromatic heterocycles. The fourth-order valence-electron chi connectivity index (χ4n) is 4.93. The Bertz CT molecular complexity index is 1510. The summed E-state index contributed by atoms with van der Waals surface area (Å²) in [7, 11) is 2.70. The lowest BCUT2D eigenvalue weighted by Gasteiger charge is -2.32. The van der Waals surface area contributed by atoms with Crippen molar-refractivity contribution < 1.29 is 48.2 Å². The quantitative estimate of drug-likeness (QED) is 0.0643. The van der Waals surface area contributed by atoms with Crippen LogP contribution >= 0.6 is 0 Å². The van der Waals surface area contributed by atoms with Gasteiger partial charge in [0.05, 0.1) is 12.8 Å². The normalized spacial score (nSPS) is 22.9. The molecule has 0 spiro atoms. The second kappa shape index (κ2) is 19.6. The van der Waals surface area contributed by atoms with Crippen LogP contribution in [-0.4, -0.2) is 120 Å². The highest BCUT2D eigenvalue weighted by atomic mass is 16.6. The monoisotopic (exact) mass is 731 g/mol. The van der Waals surface area contributed by atoms with E-state index in [-0.39, 0.29) is 31.8 Å². The average molecular weight is 732 g/mol. The van der Waals surface area contributed by atoms with Crippen molar-refractivity contribution in [2.45, 2.75) is 95.6 Å². The Morgan fingerprint density at radius 1 is 0.962 bits per heavy atom. The largest absolute Gasteiger partial charge is 0.480 e. The van der Waals surface area contributed by atoms with E-state index >= 15 is 0 Å². The summed E-state index contributed by atoms with van der Waals surface area (Å²) in [4.78, 5) is 109. The predicted octanol–water partition coefficient (Wildman–Crippen LogP) is -1.74. The van der Waals surface area contributed by atoms with Gasteiger partial charge < -0.3 is 47.1 Å². The molecule has 0 bridgehead atoms. The molecule has 1 aliphatic heterocycles. The van der Waals surface area contributed by atoms with Crippen LogP contribution in [0.25, 0.3) is 0 Å². The number of nitrogens with one attached hydrogen (secondary N) is 6. The first-order valence-electron chi connectivity index (χ1n) is 16.6. The second-order valence-corrected chi connectivity index (χ2v) is 13.1. The SMILES string of the molecule is CNC(=O)NC(N)=NCCC[C@@H]1NC(=O)[C@@H](C)NC(=O)C[C@@H](C(=O)OC(C)(C)C)NC(=O)C[C@@H](C(=O)O)NC(=O)[C@H](Cc2ccccc2)N(C)C1=O. The number of carbonyl (C=O) groups is 8. The van der Waals surface area contributed by atoms with E-state index in [1.165, 1.54) is 21.0 Å². The predicted molar refractivity (Wildman–Crippen MR) is 186 cm³/mol. The zero-order valence-electron chi connectivity index (χ0n) is 30.1. The Balaban J connectivity index is 2.54. The zero-order valence-corrected chi connectivity index (χ0v) is 30.1. The van der Waals surface area contributed by atoms with Crippen molar-refractivity contribution in [3.8, 4) is 0 Å². The molecule has 286 valence electrons. The van der Waals surface area contributed by atoms with Crippen LogP contribution in [0.1, 0.15) is 58.9 Å². The van der Waals surface area contributed by atoms with Crippen LogP contribution in [0.3, 0.4) is 0 Å². The van der Waals surface area contributed by atoms with Crippen LogP contribution in [0.15, 0.2) is 35.3 Å². The first-order chi connectivity index (χ1) is 24.3. The van der Waals surface area contributed by atoms with Crippen LogP contribution in [0, 0.1) is 0 Å². The molecule has 7 amide bonds. The minimum Gasteiger partial charge on any atom is -0.480 e. The molecule has 9 N–H and O–H groups in total. The standard InChI is InChI=1S/C33H49N9O10/c1-18-26(45)39-20(13-10-14-36-31(34)41-32(51)35-5)28(47)42(6)23(15-19-11-8-7-9-12-19)27(46)40-21(29(48)49)16-25(44)38-22(17-24(43)37-18)30(50)52-33(2,3)4/h7-9,11-12,18,20-23H,10,13-17H2,1-6H3,(H,37,43)(H,38,44)(H,39,45)(H,40,46)(H,48,49)(H4,34,35,36,41,51)/t18-,20+,21+,22+,23+/m1/s1. The molecule has 0 radical (unpaired) electrons. The number of hydrogen-bond acceptors (Lipinski definition) is 10. The van der Waals surface area contributed by atoms with Gasteiger partial charge in [0.15, 0.2) is 5.96 Å². The van der Waals surface area contributed by atoms with Gasteiger partial charge in [0.1, 0.15) is 35.8 Å². The molecule has 52 heavy (non-hydrogen) atoms. The number of guanidine groups is 1. The second-order valence-electron chi connectivity index (χ2n) is 13.1. The summed E-state index contributed by atoms with van der Waals surface area (Å²) >= 11 is 0. The number of carboxylic acid groups (broad SMARTS) is 1. The Morgan fingerprint density at radius 2 is 1.58 bits per heavy atom. The van der Waals surface area contributed by atoms with E-state index in [9.17, 15) is 43.5 Å².